The predicted molar refractivity (Wildman–Crippen MR) is 79.6 cm³/mol. The Bertz CT molecular complexity index is 377. The van der Waals surface area contributed by atoms with E-state index < -0.39 is 0 Å². The number of aromatic hydroxyl groups is 1. The third-order valence-electron chi connectivity index (χ3n) is 3.32. The first kappa shape index (κ1) is 15.8. The van der Waals surface area contributed by atoms with E-state index >= 15 is 0 Å². The summed E-state index contributed by atoms with van der Waals surface area (Å²) in [6.07, 6.45) is 3.76. The van der Waals surface area contributed by atoms with Crippen molar-refractivity contribution in [2.75, 3.05) is 7.11 Å². The van der Waals surface area contributed by atoms with E-state index in [1.54, 1.807) is 13.2 Å². The van der Waals surface area contributed by atoms with Crippen molar-refractivity contribution in [2.24, 2.45) is 5.92 Å². The van der Waals surface area contributed by atoms with Crippen LogP contribution in [0.15, 0.2) is 18.2 Å². The first-order chi connectivity index (χ1) is 9.02. The summed E-state index contributed by atoms with van der Waals surface area (Å²) in [6, 6.07) is 5.99. The Morgan fingerprint density at radius 2 is 1.95 bits per heavy atom. The lowest BCUT2D eigenvalue weighted by Gasteiger charge is -2.15. The molecule has 3 heteroatoms. The van der Waals surface area contributed by atoms with Gasteiger partial charge in [0.1, 0.15) is 0 Å². The largest absolute Gasteiger partial charge is 0.504 e. The average Bonchev–Trinajstić information content (AvgIpc) is 2.37. The van der Waals surface area contributed by atoms with Gasteiger partial charge >= 0.3 is 0 Å². The van der Waals surface area contributed by atoms with Crippen LogP contribution >= 0.6 is 0 Å². The number of hydrogen-bond donors (Lipinski definition) is 2. The second-order valence-electron chi connectivity index (χ2n) is 5.61. The Morgan fingerprint density at radius 1 is 1.21 bits per heavy atom. The second-order valence-corrected chi connectivity index (χ2v) is 5.61. The SMILES string of the molecule is COc1cc(CNC(C)CCCC(C)C)ccc1O. The smallest absolute Gasteiger partial charge is 0.160 e. The molecule has 0 aromatic heterocycles. The highest BCUT2D eigenvalue weighted by Gasteiger charge is 2.05. The van der Waals surface area contributed by atoms with Gasteiger partial charge in [0.15, 0.2) is 11.5 Å². The van der Waals surface area contributed by atoms with Crippen molar-refractivity contribution in [3.8, 4) is 11.5 Å². The molecule has 0 aliphatic rings. The fourth-order valence-corrected chi connectivity index (χ4v) is 2.06. The zero-order chi connectivity index (χ0) is 14.3. The highest BCUT2D eigenvalue weighted by atomic mass is 16.5. The quantitative estimate of drug-likeness (QED) is 0.753. The van der Waals surface area contributed by atoms with E-state index in [4.69, 9.17) is 4.74 Å². The molecule has 1 aromatic rings. The molecule has 0 saturated heterocycles. The molecule has 0 bridgehead atoms. The molecule has 1 unspecified atom stereocenters. The normalized spacial score (nSPS) is 12.7. The topological polar surface area (TPSA) is 41.5 Å². The standard InChI is InChI=1S/C16H27NO2/c1-12(2)6-5-7-13(3)17-11-14-8-9-15(18)16(10-14)19-4/h8-10,12-13,17-18H,5-7,11H2,1-4H3. The summed E-state index contributed by atoms with van der Waals surface area (Å²) in [7, 11) is 1.57. The fraction of sp³-hybridized carbons (Fsp3) is 0.625. The Kier molecular flexibility index (Phi) is 6.71. The maximum Gasteiger partial charge on any atom is 0.160 e. The number of phenolic OH excluding ortho intramolecular Hbond substituents is 1. The van der Waals surface area contributed by atoms with Crippen molar-refractivity contribution in [3.05, 3.63) is 23.8 Å². The van der Waals surface area contributed by atoms with Gasteiger partial charge in [0.05, 0.1) is 7.11 Å². The van der Waals surface area contributed by atoms with Gasteiger partial charge in [0, 0.05) is 12.6 Å². The van der Waals surface area contributed by atoms with Crippen LogP contribution < -0.4 is 10.1 Å². The molecule has 0 amide bonds. The number of benzene rings is 1. The van der Waals surface area contributed by atoms with E-state index in [0.717, 1.165) is 18.0 Å². The van der Waals surface area contributed by atoms with Crippen LogP contribution in [0.2, 0.25) is 0 Å². The van der Waals surface area contributed by atoms with E-state index in [1.165, 1.54) is 19.3 Å². The average molecular weight is 265 g/mol. The number of phenols is 1. The molecule has 19 heavy (non-hydrogen) atoms. The van der Waals surface area contributed by atoms with Crippen LogP contribution in [0.25, 0.3) is 0 Å². The van der Waals surface area contributed by atoms with Gasteiger partial charge in [-0.15, -0.1) is 0 Å². The summed E-state index contributed by atoms with van der Waals surface area (Å²) >= 11 is 0. The van der Waals surface area contributed by atoms with Crippen LogP contribution in [-0.2, 0) is 6.54 Å². The number of nitrogens with one attached hydrogen (secondary N) is 1. The van der Waals surface area contributed by atoms with Gasteiger partial charge in [-0.1, -0.05) is 32.8 Å². The minimum absolute atomic E-state index is 0.191. The zero-order valence-corrected chi connectivity index (χ0v) is 12.6. The van der Waals surface area contributed by atoms with E-state index in [9.17, 15) is 5.11 Å². The Balaban J connectivity index is 2.35. The Morgan fingerprint density at radius 3 is 2.58 bits per heavy atom. The molecule has 1 aromatic carbocycles. The van der Waals surface area contributed by atoms with Crippen LogP contribution in [-0.4, -0.2) is 18.3 Å². The van der Waals surface area contributed by atoms with Crippen LogP contribution in [0.5, 0.6) is 11.5 Å². The number of ether oxygens (including phenoxy) is 1. The molecule has 108 valence electrons. The number of hydrogen-bond acceptors (Lipinski definition) is 3. The lowest BCUT2D eigenvalue weighted by Crippen LogP contribution is -2.25. The van der Waals surface area contributed by atoms with E-state index in [2.05, 4.69) is 26.1 Å². The lowest BCUT2D eigenvalue weighted by molar-refractivity contribution is 0.372. The molecule has 1 rings (SSSR count). The van der Waals surface area contributed by atoms with Gasteiger partial charge in [-0.05, 0) is 37.0 Å². The summed E-state index contributed by atoms with van der Waals surface area (Å²) in [5, 5.41) is 13.0. The van der Waals surface area contributed by atoms with Gasteiger partial charge in [-0.2, -0.15) is 0 Å². The summed E-state index contributed by atoms with van der Waals surface area (Å²) in [4.78, 5) is 0. The third-order valence-corrected chi connectivity index (χ3v) is 3.32. The maximum atomic E-state index is 9.54. The fourth-order valence-electron chi connectivity index (χ4n) is 2.06. The highest BCUT2D eigenvalue weighted by molar-refractivity contribution is 5.41. The minimum Gasteiger partial charge on any atom is -0.504 e. The Labute approximate surface area is 117 Å². The molecule has 0 fully saturated rings. The molecular weight excluding hydrogens is 238 g/mol. The van der Waals surface area contributed by atoms with Crippen molar-refractivity contribution in [1.82, 2.24) is 5.32 Å². The van der Waals surface area contributed by atoms with Gasteiger partial charge in [-0.25, -0.2) is 0 Å². The van der Waals surface area contributed by atoms with Gasteiger partial charge in [0.25, 0.3) is 0 Å². The van der Waals surface area contributed by atoms with Crippen molar-refractivity contribution >= 4 is 0 Å². The zero-order valence-electron chi connectivity index (χ0n) is 12.6. The summed E-state index contributed by atoms with van der Waals surface area (Å²) in [6.45, 7) is 7.55. The summed E-state index contributed by atoms with van der Waals surface area (Å²) in [5.74, 6) is 1.51. The van der Waals surface area contributed by atoms with Gasteiger partial charge in [-0.3, -0.25) is 0 Å². The molecule has 0 heterocycles. The first-order valence-corrected chi connectivity index (χ1v) is 7.12. The molecule has 2 N–H and O–H groups in total. The van der Waals surface area contributed by atoms with E-state index in [1.807, 2.05) is 12.1 Å². The monoisotopic (exact) mass is 265 g/mol. The molecule has 3 nitrogen and oxygen atoms in total. The van der Waals surface area contributed by atoms with E-state index in [0.29, 0.717) is 11.8 Å². The predicted octanol–water partition coefficient (Wildman–Crippen LogP) is 3.71. The van der Waals surface area contributed by atoms with Crippen LogP contribution in [0.3, 0.4) is 0 Å². The van der Waals surface area contributed by atoms with E-state index in [-0.39, 0.29) is 5.75 Å². The Hall–Kier alpha value is -1.22. The van der Waals surface area contributed by atoms with Crippen molar-refractivity contribution in [2.45, 2.75) is 52.6 Å². The van der Waals surface area contributed by atoms with Gasteiger partial charge in [0.2, 0.25) is 0 Å². The molecule has 0 radical (unpaired) electrons. The van der Waals surface area contributed by atoms with Crippen LogP contribution in [0.4, 0.5) is 0 Å². The van der Waals surface area contributed by atoms with Gasteiger partial charge < -0.3 is 15.2 Å². The van der Waals surface area contributed by atoms with Crippen molar-refractivity contribution in [1.29, 1.82) is 0 Å². The maximum absolute atomic E-state index is 9.54. The van der Waals surface area contributed by atoms with Crippen molar-refractivity contribution in [3.63, 3.8) is 0 Å². The summed E-state index contributed by atoms with van der Waals surface area (Å²) in [5.41, 5.74) is 1.13. The number of rotatable bonds is 8. The minimum atomic E-state index is 0.191. The number of methoxy groups -OCH3 is 1. The molecule has 0 aliphatic heterocycles. The second kappa shape index (κ2) is 8.05. The highest BCUT2D eigenvalue weighted by Crippen LogP contribution is 2.26. The third kappa shape index (κ3) is 5.97. The molecular formula is C16H27NO2. The molecule has 0 saturated carbocycles. The van der Waals surface area contributed by atoms with Crippen LogP contribution in [0.1, 0.15) is 45.6 Å². The summed E-state index contributed by atoms with van der Waals surface area (Å²) < 4.78 is 5.11. The van der Waals surface area contributed by atoms with Crippen molar-refractivity contribution < 1.29 is 9.84 Å². The first-order valence-electron chi connectivity index (χ1n) is 7.12. The molecule has 0 aliphatic carbocycles. The van der Waals surface area contributed by atoms with Crippen LogP contribution in [0, 0.1) is 5.92 Å². The molecule has 0 spiro atoms. The lowest BCUT2D eigenvalue weighted by atomic mass is 10.0. The molecule has 1 atom stereocenters.